The van der Waals surface area contributed by atoms with Crippen molar-refractivity contribution in [3.63, 3.8) is 0 Å². The van der Waals surface area contributed by atoms with Gasteiger partial charge < -0.3 is 4.90 Å². The molecule has 0 spiro atoms. The SMILES string of the molecule is Cc1c(N2C=CC=CC2)c(=O)n(-c2ccccc2)n1C. The third-order valence-corrected chi connectivity index (χ3v) is 3.63. The first-order valence-electron chi connectivity index (χ1n) is 6.64. The minimum absolute atomic E-state index is 0.0103. The summed E-state index contributed by atoms with van der Waals surface area (Å²) in [6.07, 6.45) is 7.92. The lowest BCUT2D eigenvalue weighted by molar-refractivity contribution is 0.630. The molecule has 0 radical (unpaired) electrons. The van der Waals surface area contributed by atoms with Crippen LogP contribution in [0.3, 0.4) is 0 Å². The van der Waals surface area contributed by atoms with Gasteiger partial charge in [0.1, 0.15) is 5.69 Å². The highest BCUT2D eigenvalue weighted by atomic mass is 16.1. The quantitative estimate of drug-likeness (QED) is 0.836. The van der Waals surface area contributed by atoms with Crippen molar-refractivity contribution in [3.05, 3.63) is 70.8 Å². The van der Waals surface area contributed by atoms with E-state index in [1.807, 2.05) is 78.3 Å². The van der Waals surface area contributed by atoms with Crippen LogP contribution in [0.2, 0.25) is 0 Å². The van der Waals surface area contributed by atoms with Gasteiger partial charge in [0.05, 0.1) is 11.4 Å². The molecule has 2 heterocycles. The molecule has 1 aliphatic heterocycles. The molecular weight excluding hydrogens is 250 g/mol. The Kier molecular flexibility index (Phi) is 3.06. The number of hydrogen-bond acceptors (Lipinski definition) is 2. The lowest BCUT2D eigenvalue weighted by Gasteiger charge is -2.18. The zero-order chi connectivity index (χ0) is 14.1. The highest BCUT2D eigenvalue weighted by Crippen LogP contribution is 2.19. The van der Waals surface area contributed by atoms with Crippen molar-refractivity contribution in [1.82, 2.24) is 9.36 Å². The fourth-order valence-electron chi connectivity index (χ4n) is 2.52. The number of anilines is 1. The van der Waals surface area contributed by atoms with Crippen molar-refractivity contribution in [1.29, 1.82) is 0 Å². The number of hydrogen-bond donors (Lipinski definition) is 0. The van der Waals surface area contributed by atoms with Crippen LogP contribution in [0.15, 0.2) is 59.6 Å². The Hall–Kier alpha value is -2.49. The summed E-state index contributed by atoms with van der Waals surface area (Å²) < 4.78 is 3.61. The maximum atomic E-state index is 12.8. The molecule has 0 bridgehead atoms. The standard InChI is InChI=1S/C16H17N3O/c1-13-15(18-11-7-4-8-12-18)16(20)19(17(13)2)14-9-5-3-6-10-14/h3-11H,12H2,1-2H3. The summed E-state index contributed by atoms with van der Waals surface area (Å²) in [6, 6.07) is 9.71. The first kappa shape index (κ1) is 12.5. The molecule has 1 aromatic heterocycles. The van der Waals surface area contributed by atoms with Gasteiger partial charge in [-0.05, 0) is 25.1 Å². The van der Waals surface area contributed by atoms with E-state index in [0.29, 0.717) is 0 Å². The maximum absolute atomic E-state index is 12.8. The van der Waals surface area contributed by atoms with Crippen LogP contribution in [0.25, 0.3) is 5.69 Å². The van der Waals surface area contributed by atoms with Crippen molar-refractivity contribution >= 4 is 5.69 Å². The second kappa shape index (κ2) is 4.89. The topological polar surface area (TPSA) is 30.2 Å². The molecule has 0 amide bonds. The lowest BCUT2D eigenvalue weighted by atomic mass is 10.3. The van der Waals surface area contributed by atoms with E-state index in [-0.39, 0.29) is 5.56 Å². The van der Waals surface area contributed by atoms with Gasteiger partial charge in [-0.3, -0.25) is 9.48 Å². The molecule has 4 nitrogen and oxygen atoms in total. The van der Waals surface area contributed by atoms with E-state index in [0.717, 1.165) is 23.6 Å². The molecule has 0 saturated carbocycles. The molecule has 3 rings (SSSR count). The maximum Gasteiger partial charge on any atom is 0.295 e. The predicted octanol–water partition coefficient (Wildman–Crippen LogP) is 2.37. The van der Waals surface area contributed by atoms with Crippen LogP contribution in [-0.4, -0.2) is 15.9 Å². The van der Waals surface area contributed by atoms with Crippen LogP contribution < -0.4 is 10.5 Å². The van der Waals surface area contributed by atoms with E-state index >= 15 is 0 Å². The number of nitrogens with zero attached hydrogens (tertiary/aromatic N) is 3. The van der Waals surface area contributed by atoms with Crippen molar-refractivity contribution in [2.45, 2.75) is 6.92 Å². The average molecular weight is 267 g/mol. The average Bonchev–Trinajstić information content (AvgIpc) is 2.71. The summed E-state index contributed by atoms with van der Waals surface area (Å²) in [5, 5.41) is 0. The smallest absolute Gasteiger partial charge is 0.295 e. The second-order valence-electron chi connectivity index (χ2n) is 4.83. The van der Waals surface area contributed by atoms with Crippen molar-refractivity contribution in [2.75, 3.05) is 11.4 Å². The Labute approximate surface area is 117 Å². The first-order chi connectivity index (χ1) is 9.70. The summed E-state index contributed by atoms with van der Waals surface area (Å²) in [5.74, 6) is 0. The molecule has 20 heavy (non-hydrogen) atoms. The van der Waals surface area contributed by atoms with Gasteiger partial charge in [0, 0.05) is 19.8 Å². The van der Waals surface area contributed by atoms with Crippen LogP contribution in [-0.2, 0) is 7.05 Å². The minimum atomic E-state index is 0.0103. The molecule has 0 unspecified atom stereocenters. The largest absolute Gasteiger partial charge is 0.338 e. The third-order valence-electron chi connectivity index (χ3n) is 3.63. The number of aromatic nitrogens is 2. The molecule has 0 saturated heterocycles. The van der Waals surface area contributed by atoms with Crippen LogP contribution in [0.1, 0.15) is 5.69 Å². The summed E-state index contributed by atoms with van der Waals surface area (Å²) >= 11 is 0. The second-order valence-corrected chi connectivity index (χ2v) is 4.83. The van der Waals surface area contributed by atoms with Crippen molar-refractivity contribution in [2.24, 2.45) is 7.05 Å². The number of benzene rings is 1. The highest BCUT2D eigenvalue weighted by Gasteiger charge is 2.20. The Morgan fingerprint density at radius 2 is 1.85 bits per heavy atom. The molecule has 0 aliphatic carbocycles. The summed E-state index contributed by atoms with van der Waals surface area (Å²) in [5.41, 5.74) is 2.58. The normalized spacial score (nSPS) is 14.0. The number of para-hydroxylation sites is 1. The molecule has 4 heteroatoms. The van der Waals surface area contributed by atoms with E-state index in [2.05, 4.69) is 0 Å². The van der Waals surface area contributed by atoms with Crippen LogP contribution in [0, 0.1) is 6.92 Å². The van der Waals surface area contributed by atoms with Gasteiger partial charge in [-0.1, -0.05) is 30.4 Å². The van der Waals surface area contributed by atoms with Gasteiger partial charge in [-0.2, -0.15) is 0 Å². The Morgan fingerprint density at radius 3 is 2.50 bits per heavy atom. The molecule has 0 N–H and O–H groups in total. The Morgan fingerprint density at radius 1 is 1.10 bits per heavy atom. The molecule has 1 aliphatic rings. The molecule has 2 aromatic rings. The Bertz CT molecular complexity index is 735. The molecule has 102 valence electrons. The van der Waals surface area contributed by atoms with Crippen LogP contribution in [0.4, 0.5) is 5.69 Å². The zero-order valence-corrected chi connectivity index (χ0v) is 11.7. The van der Waals surface area contributed by atoms with E-state index in [1.54, 1.807) is 4.68 Å². The van der Waals surface area contributed by atoms with Gasteiger partial charge in [0.25, 0.3) is 5.56 Å². The van der Waals surface area contributed by atoms with Crippen LogP contribution in [0.5, 0.6) is 0 Å². The highest BCUT2D eigenvalue weighted by molar-refractivity contribution is 5.55. The summed E-state index contributed by atoms with van der Waals surface area (Å²) in [6.45, 7) is 2.70. The molecule has 0 fully saturated rings. The van der Waals surface area contributed by atoms with Crippen molar-refractivity contribution in [3.8, 4) is 5.69 Å². The molecule has 1 aromatic carbocycles. The van der Waals surface area contributed by atoms with Crippen molar-refractivity contribution < 1.29 is 0 Å². The van der Waals surface area contributed by atoms with E-state index in [4.69, 9.17) is 0 Å². The lowest BCUT2D eigenvalue weighted by Crippen LogP contribution is -2.26. The fourth-order valence-corrected chi connectivity index (χ4v) is 2.52. The molecular formula is C16H17N3O. The number of allylic oxidation sites excluding steroid dienone is 2. The van der Waals surface area contributed by atoms with E-state index in [1.165, 1.54) is 0 Å². The first-order valence-corrected chi connectivity index (χ1v) is 6.64. The van der Waals surface area contributed by atoms with Gasteiger partial charge >= 0.3 is 0 Å². The Balaban J connectivity index is 2.17. The van der Waals surface area contributed by atoms with Gasteiger partial charge in [-0.25, -0.2) is 4.68 Å². The van der Waals surface area contributed by atoms with E-state index in [9.17, 15) is 4.79 Å². The van der Waals surface area contributed by atoms with Crippen LogP contribution >= 0.6 is 0 Å². The van der Waals surface area contributed by atoms with Gasteiger partial charge in [0.15, 0.2) is 0 Å². The number of rotatable bonds is 2. The van der Waals surface area contributed by atoms with Gasteiger partial charge in [-0.15, -0.1) is 0 Å². The zero-order valence-electron chi connectivity index (χ0n) is 11.7. The fraction of sp³-hybridized carbons (Fsp3) is 0.188. The van der Waals surface area contributed by atoms with E-state index < -0.39 is 0 Å². The summed E-state index contributed by atoms with van der Waals surface area (Å²) in [4.78, 5) is 14.7. The summed E-state index contributed by atoms with van der Waals surface area (Å²) in [7, 11) is 1.91. The predicted molar refractivity (Wildman–Crippen MR) is 81.4 cm³/mol. The van der Waals surface area contributed by atoms with Gasteiger partial charge in [0.2, 0.25) is 0 Å². The molecule has 0 atom stereocenters. The minimum Gasteiger partial charge on any atom is -0.338 e. The third kappa shape index (κ3) is 1.90. The monoisotopic (exact) mass is 267 g/mol.